The summed E-state index contributed by atoms with van der Waals surface area (Å²) >= 11 is 0. The lowest BCUT2D eigenvalue weighted by Gasteiger charge is -2.45. The normalized spacial score (nSPS) is 26.2. The van der Waals surface area contributed by atoms with E-state index in [9.17, 15) is 0 Å². The second kappa shape index (κ2) is 4.30. The van der Waals surface area contributed by atoms with Crippen molar-refractivity contribution in [3.05, 3.63) is 0 Å². The quantitative estimate of drug-likeness (QED) is 0.544. The highest BCUT2D eigenvalue weighted by molar-refractivity contribution is 4.95. The molecule has 0 amide bonds. The summed E-state index contributed by atoms with van der Waals surface area (Å²) in [5.41, 5.74) is 0.890. The lowest BCUT2D eigenvalue weighted by molar-refractivity contribution is 0.0598. The molecule has 2 aliphatic carbocycles. The first-order chi connectivity index (χ1) is 5.85. The standard InChI is InChI=1S/C10H18.C2H6/c1-2-9-7-10(8-9)5-3-4-6-10;1-2/h9H,2-8H2,1H3;1-2H3. The third kappa shape index (κ3) is 1.84. The summed E-state index contributed by atoms with van der Waals surface area (Å²) in [7, 11) is 0. The van der Waals surface area contributed by atoms with Crippen LogP contribution in [0.5, 0.6) is 0 Å². The molecule has 0 nitrogen and oxygen atoms in total. The van der Waals surface area contributed by atoms with Crippen molar-refractivity contribution in [3.8, 4) is 0 Å². The van der Waals surface area contributed by atoms with Crippen molar-refractivity contribution in [2.75, 3.05) is 0 Å². The van der Waals surface area contributed by atoms with E-state index in [0.29, 0.717) is 0 Å². The fourth-order valence-electron chi connectivity index (χ4n) is 2.99. The van der Waals surface area contributed by atoms with Gasteiger partial charge in [0.1, 0.15) is 0 Å². The lowest BCUT2D eigenvalue weighted by atomic mass is 9.60. The maximum absolute atomic E-state index is 2.34. The Bertz CT molecular complexity index is 112. The van der Waals surface area contributed by atoms with Gasteiger partial charge in [-0.25, -0.2) is 0 Å². The van der Waals surface area contributed by atoms with Crippen molar-refractivity contribution in [2.45, 2.75) is 65.7 Å². The van der Waals surface area contributed by atoms with E-state index in [1.54, 1.807) is 25.7 Å². The molecule has 2 aliphatic rings. The second-order valence-electron chi connectivity index (χ2n) is 4.39. The molecule has 1 spiro atoms. The van der Waals surface area contributed by atoms with Crippen LogP contribution in [-0.2, 0) is 0 Å². The smallest absolute Gasteiger partial charge is 0.0292 e. The molecule has 12 heavy (non-hydrogen) atoms. The van der Waals surface area contributed by atoms with E-state index >= 15 is 0 Å². The summed E-state index contributed by atoms with van der Waals surface area (Å²) in [5.74, 6) is 1.11. The summed E-state index contributed by atoms with van der Waals surface area (Å²) in [6, 6.07) is 0. The van der Waals surface area contributed by atoms with Crippen LogP contribution in [0.2, 0.25) is 0 Å². The average molecular weight is 168 g/mol. The van der Waals surface area contributed by atoms with Gasteiger partial charge < -0.3 is 0 Å². The Morgan fingerprint density at radius 3 is 2.00 bits per heavy atom. The SMILES string of the molecule is CC.CCC1CC2(CCCC2)C1. The molecule has 0 atom stereocenters. The molecule has 0 radical (unpaired) electrons. The van der Waals surface area contributed by atoms with Gasteiger partial charge in [-0.1, -0.05) is 40.0 Å². The van der Waals surface area contributed by atoms with Gasteiger partial charge in [-0.05, 0) is 37.0 Å². The van der Waals surface area contributed by atoms with E-state index in [0.717, 1.165) is 11.3 Å². The van der Waals surface area contributed by atoms with E-state index in [1.165, 1.54) is 19.3 Å². The fourth-order valence-corrected chi connectivity index (χ4v) is 2.99. The first kappa shape index (κ1) is 10.1. The third-order valence-corrected chi connectivity index (χ3v) is 3.68. The Labute approximate surface area is 77.7 Å². The summed E-state index contributed by atoms with van der Waals surface area (Å²) in [4.78, 5) is 0. The molecular formula is C12H24. The van der Waals surface area contributed by atoms with Crippen LogP contribution in [0, 0.1) is 11.3 Å². The Kier molecular flexibility index (Phi) is 3.61. The molecule has 0 aliphatic heterocycles. The molecule has 0 heteroatoms. The molecule has 0 saturated heterocycles. The molecule has 2 fully saturated rings. The van der Waals surface area contributed by atoms with Crippen molar-refractivity contribution >= 4 is 0 Å². The van der Waals surface area contributed by atoms with Crippen LogP contribution >= 0.6 is 0 Å². The molecular weight excluding hydrogens is 144 g/mol. The largest absolute Gasteiger partial charge is 0.0683 e. The van der Waals surface area contributed by atoms with Gasteiger partial charge in [0.05, 0.1) is 0 Å². The predicted molar refractivity (Wildman–Crippen MR) is 55.3 cm³/mol. The summed E-state index contributed by atoms with van der Waals surface area (Å²) in [5, 5.41) is 0. The molecule has 2 rings (SSSR count). The zero-order chi connectivity index (χ0) is 9.03. The molecule has 0 aromatic heterocycles. The van der Waals surface area contributed by atoms with Crippen molar-refractivity contribution in [1.82, 2.24) is 0 Å². The summed E-state index contributed by atoms with van der Waals surface area (Å²) in [6.45, 7) is 6.34. The van der Waals surface area contributed by atoms with E-state index in [1.807, 2.05) is 13.8 Å². The summed E-state index contributed by atoms with van der Waals surface area (Å²) < 4.78 is 0. The van der Waals surface area contributed by atoms with E-state index in [-0.39, 0.29) is 0 Å². The van der Waals surface area contributed by atoms with Gasteiger partial charge in [0.15, 0.2) is 0 Å². The number of rotatable bonds is 1. The molecule has 0 aromatic carbocycles. The Morgan fingerprint density at radius 2 is 1.58 bits per heavy atom. The Morgan fingerprint density at radius 1 is 1.08 bits per heavy atom. The van der Waals surface area contributed by atoms with Gasteiger partial charge in [0, 0.05) is 0 Å². The maximum atomic E-state index is 2.34. The van der Waals surface area contributed by atoms with Crippen molar-refractivity contribution < 1.29 is 0 Å². The first-order valence-corrected chi connectivity index (χ1v) is 5.85. The minimum absolute atomic E-state index is 0.890. The van der Waals surface area contributed by atoms with Crippen LogP contribution in [-0.4, -0.2) is 0 Å². The highest BCUT2D eigenvalue weighted by Crippen LogP contribution is 2.56. The van der Waals surface area contributed by atoms with Crippen molar-refractivity contribution in [1.29, 1.82) is 0 Å². The van der Waals surface area contributed by atoms with Gasteiger partial charge in [-0.3, -0.25) is 0 Å². The lowest BCUT2D eigenvalue weighted by Crippen LogP contribution is -2.34. The van der Waals surface area contributed by atoms with Crippen LogP contribution in [0.4, 0.5) is 0 Å². The van der Waals surface area contributed by atoms with Crippen LogP contribution in [0.25, 0.3) is 0 Å². The van der Waals surface area contributed by atoms with Gasteiger partial charge >= 0.3 is 0 Å². The minimum atomic E-state index is 0.890. The molecule has 0 N–H and O–H groups in total. The molecule has 0 bridgehead atoms. The van der Waals surface area contributed by atoms with Crippen LogP contribution in [0.15, 0.2) is 0 Å². The number of hydrogen-bond acceptors (Lipinski definition) is 0. The van der Waals surface area contributed by atoms with E-state index in [2.05, 4.69) is 6.92 Å². The highest BCUT2D eigenvalue weighted by Gasteiger charge is 2.44. The molecule has 0 aromatic rings. The number of hydrogen-bond donors (Lipinski definition) is 0. The topological polar surface area (TPSA) is 0 Å². The Balaban J connectivity index is 0.000000336. The van der Waals surface area contributed by atoms with E-state index in [4.69, 9.17) is 0 Å². The molecule has 0 unspecified atom stereocenters. The van der Waals surface area contributed by atoms with E-state index < -0.39 is 0 Å². The molecule has 72 valence electrons. The van der Waals surface area contributed by atoms with Gasteiger partial charge in [0.25, 0.3) is 0 Å². The second-order valence-corrected chi connectivity index (χ2v) is 4.39. The predicted octanol–water partition coefficient (Wildman–Crippen LogP) is 4.39. The van der Waals surface area contributed by atoms with Gasteiger partial charge in [0.2, 0.25) is 0 Å². The summed E-state index contributed by atoms with van der Waals surface area (Å²) in [6.07, 6.45) is 10.7. The third-order valence-electron chi connectivity index (χ3n) is 3.68. The monoisotopic (exact) mass is 168 g/mol. The first-order valence-electron chi connectivity index (χ1n) is 5.85. The van der Waals surface area contributed by atoms with Gasteiger partial charge in [-0.2, -0.15) is 0 Å². The van der Waals surface area contributed by atoms with Crippen LogP contribution in [0.1, 0.15) is 65.7 Å². The minimum Gasteiger partial charge on any atom is -0.0683 e. The van der Waals surface area contributed by atoms with Crippen LogP contribution in [0.3, 0.4) is 0 Å². The average Bonchev–Trinajstić information content (AvgIpc) is 2.53. The zero-order valence-corrected chi connectivity index (χ0v) is 9.03. The Hall–Kier alpha value is 0. The van der Waals surface area contributed by atoms with Gasteiger partial charge in [-0.15, -0.1) is 0 Å². The van der Waals surface area contributed by atoms with Crippen molar-refractivity contribution in [3.63, 3.8) is 0 Å². The van der Waals surface area contributed by atoms with Crippen LogP contribution < -0.4 is 0 Å². The maximum Gasteiger partial charge on any atom is -0.0292 e. The fraction of sp³-hybridized carbons (Fsp3) is 1.00. The van der Waals surface area contributed by atoms with Crippen molar-refractivity contribution in [2.24, 2.45) is 11.3 Å². The highest BCUT2D eigenvalue weighted by atomic mass is 14.5. The molecule has 0 heterocycles. The zero-order valence-electron chi connectivity index (χ0n) is 9.03. The molecule has 2 saturated carbocycles.